The largest absolute Gasteiger partial charge is 0.476 e. The second kappa shape index (κ2) is 5.65. The molecule has 112 valence electrons. The lowest BCUT2D eigenvalue weighted by molar-refractivity contribution is 0.0690. The van der Waals surface area contributed by atoms with E-state index in [-0.39, 0.29) is 5.69 Å². The van der Waals surface area contributed by atoms with Gasteiger partial charge in [0.15, 0.2) is 5.69 Å². The van der Waals surface area contributed by atoms with Gasteiger partial charge in [-0.2, -0.15) is 0 Å². The van der Waals surface area contributed by atoms with Crippen LogP contribution in [0.5, 0.6) is 5.88 Å². The van der Waals surface area contributed by atoms with Crippen molar-refractivity contribution >= 4 is 23.2 Å². The van der Waals surface area contributed by atoms with Crippen LogP contribution < -0.4 is 4.74 Å². The monoisotopic (exact) mass is 317 g/mol. The molecule has 0 aliphatic carbocycles. The van der Waals surface area contributed by atoms with Crippen LogP contribution in [0, 0.1) is 0 Å². The summed E-state index contributed by atoms with van der Waals surface area (Å²) in [6, 6.07) is 6.83. The van der Waals surface area contributed by atoms with Crippen LogP contribution in [0.4, 0.5) is 0 Å². The predicted molar refractivity (Wildman–Crippen MR) is 81.6 cm³/mol. The molecule has 1 aromatic carbocycles. The van der Waals surface area contributed by atoms with Gasteiger partial charge in [-0.1, -0.05) is 23.7 Å². The van der Waals surface area contributed by atoms with Gasteiger partial charge in [-0.05, 0) is 19.1 Å². The highest BCUT2D eigenvalue weighted by molar-refractivity contribution is 6.30. The van der Waals surface area contributed by atoms with Gasteiger partial charge in [0.2, 0.25) is 5.65 Å². The molecule has 0 saturated heterocycles. The normalized spacial score (nSPS) is 10.8. The third-order valence-electron chi connectivity index (χ3n) is 3.11. The van der Waals surface area contributed by atoms with Crippen molar-refractivity contribution in [2.45, 2.75) is 6.92 Å². The molecule has 2 aromatic heterocycles. The van der Waals surface area contributed by atoms with Gasteiger partial charge < -0.3 is 9.84 Å². The molecule has 22 heavy (non-hydrogen) atoms. The van der Waals surface area contributed by atoms with Gasteiger partial charge in [-0.25, -0.2) is 14.8 Å². The number of aromatic carboxylic acids is 1. The van der Waals surface area contributed by atoms with E-state index in [2.05, 4.69) is 9.97 Å². The molecule has 0 unspecified atom stereocenters. The topological polar surface area (TPSA) is 76.7 Å². The van der Waals surface area contributed by atoms with Gasteiger partial charge in [0.25, 0.3) is 5.88 Å². The number of halogens is 1. The van der Waals surface area contributed by atoms with E-state index >= 15 is 0 Å². The maximum atomic E-state index is 11.7. The van der Waals surface area contributed by atoms with E-state index in [9.17, 15) is 9.90 Å². The molecular weight excluding hydrogens is 306 g/mol. The van der Waals surface area contributed by atoms with Crippen molar-refractivity contribution in [3.63, 3.8) is 0 Å². The van der Waals surface area contributed by atoms with Crippen LogP contribution in [-0.2, 0) is 0 Å². The summed E-state index contributed by atoms with van der Waals surface area (Å²) in [6.07, 6.45) is 3.03. The molecule has 6 nitrogen and oxygen atoms in total. The van der Waals surface area contributed by atoms with Crippen molar-refractivity contribution in [1.82, 2.24) is 14.4 Å². The highest BCUT2D eigenvalue weighted by Gasteiger charge is 2.22. The van der Waals surface area contributed by atoms with Crippen molar-refractivity contribution in [3.05, 3.63) is 47.4 Å². The van der Waals surface area contributed by atoms with Crippen molar-refractivity contribution in [1.29, 1.82) is 0 Å². The summed E-state index contributed by atoms with van der Waals surface area (Å²) in [5.41, 5.74) is 1.43. The third-order valence-corrected chi connectivity index (χ3v) is 3.36. The van der Waals surface area contributed by atoms with Crippen LogP contribution >= 0.6 is 11.6 Å². The zero-order valence-corrected chi connectivity index (χ0v) is 12.4. The quantitative estimate of drug-likeness (QED) is 0.800. The SMILES string of the molecule is CCOc1nccn2c(C(=O)O)c(-c3ccc(Cl)cc3)nc12. The maximum absolute atomic E-state index is 11.7. The molecule has 0 bridgehead atoms. The van der Waals surface area contributed by atoms with Crippen molar-refractivity contribution in [2.24, 2.45) is 0 Å². The highest BCUT2D eigenvalue weighted by atomic mass is 35.5. The fraction of sp³-hybridized carbons (Fsp3) is 0.133. The molecule has 0 saturated carbocycles. The number of carboxylic acids is 1. The minimum atomic E-state index is -1.08. The summed E-state index contributed by atoms with van der Waals surface area (Å²) in [5, 5.41) is 10.1. The van der Waals surface area contributed by atoms with E-state index < -0.39 is 5.97 Å². The fourth-order valence-corrected chi connectivity index (χ4v) is 2.33. The molecule has 0 fully saturated rings. The Morgan fingerprint density at radius 3 is 2.73 bits per heavy atom. The molecule has 0 aliphatic rings. The van der Waals surface area contributed by atoms with Gasteiger partial charge in [0.05, 0.1) is 6.61 Å². The zero-order chi connectivity index (χ0) is 15.7. The van der Waals surface area contributed by atoms with E-state index in [4.69, 9.17) is 16.3 Å². The van der Waals surface area contributed by atoms with Crippen LogP contribution in [0.1, 0.15) is 17.4 Å². The highest BCUT2D eigenvalue weighted by Crippen LogP contribution is 2.28. The number of rotatable bonds is 4. The number of carboxylic acid groups (broad SMARTS) is 1. The van der Waals surface area contributed by atoms with E-state index in [1.54, 1.807) is 30.5 Å². The van der Waals surface area contributed by atoms with Crippen LogP contribution in [0.3, 0.4) is 0 Å². The molecule has 0 atom stereocenters. The number of benzene rings is 1. The summed E-state index contributed by atoms with van der Waals surface area (Å²) in [6.45, 7) is 2.24. The average Bonchev–Trinajstić information content (AvgIpc) is 2.89. The number of carbonyl (C=O) groups is 1. The van der Waals surface area contributed by atoms with E-state index in [1.807, 2.05) is 6.92 Å². The van der Waals surface area contributed by atoms with Gasteiger partial charge in [-0.15, -0.1) is 0 Å². The second-order valence-corrected chi connectivity index (χ2v) is 4.92. The summed E-state index contributed by atoms with van der Waals surface area (Å²) >= 11 is 5.87. The van der Waals surface area contributed by atoms with Gasteiger partial charge in [0.1, 0.15) is 5.69 Å². The standard InChI is InChI=1S/C15H12ClN3O3/c1-2-22-14-13-18-11(9-3-5-10(16)6-4-9)12(15(20)21)19(13)8-7-17-14/h3-8H,2H2,1H3,(H,20,21). The van der Waals surface area contributed by atoms with Crippen LogP contribution in [-0.4, -0.2) is 32.1 Å². The molecule has 3 aromatic rings. The number of aromatic nitrogens is 3. The average molecular weight is 318 g/mol. The van der Waals surface area contributed by atoms with Gasteiger partial charge >= 0.3 is 5.97 Å². The molecule has 0 aliphatic heterocycles. The van der Waals surface area contributed by atoms with E-state index in [1.165, 1.54) is 10.6 Å². The Labute approximate surface area is 131 Å². The van der Waals surface area contributed by atoms with Crippen LogP contribution in [0.15, 0.2) is 36.7 Å². The van der Waals surface area contributed by atoms with E-state index in [0.29, 0.717) is 34.4 Å². The Bertz CT molecular complexity index is 843. The Kier molecular flexibility index (Phi) is 3.68. The van der Waals surface area contributed by atoms with Crippen molar-refractivity contribution < 1.29 is 14.6 Å². The van der Waals surface area contributed by atoms with Crippen molar-refractivity contribution in [2.75, 3.05) is 6.61 Å². The second-order valence-electron chi connectivity index (χ2n) is 4.48. The number of hydrogen-bond acceptors (Lipinski definition) is 4. The number of nitrogens with zero attached hydrogens (tertiary/aromatic N) is 3. The molecule has 1 N–H and O–H groups in total. The first-order valence-electron chi connectivity index (χ1n) is 6.61. The Hall–Kier alpha value is -2.60. The summed E-state index contributed by atoms with van der Waals surface area (Å²) in [7, 11) is 0. The molecule has 3 rings (SSSR count). The molecule has 0 spiro atoms. The Morgan fingerprint density at radius 1 is 1.36 bits per heavy atom. The predicted octanol–water partition coefficient (Wildman–Crippen LogP) is 3.15. The molecule has 0 radical (unpaired) electrons. The third kappa shape index (κ3) is 2.37. The minimum absolute atomic E-state index is 0.0562. The number of imidazole rings is 1. The van der Waals surface area contributed by atoms with Crippen LogP contribution in [0.2, 0.25) is 5.02 Å². The van der Waals surface area contributed by atoms with Gasteiger partial charge in [0, 0.05) is 23.0 Å². The number of hydrogen-bond donors (Lipinski definition) is 1. The first kappa shape index (κ1) is 14.3. The Balaban J connectivity index is 2.29. The summed E-state index contributed by atoms with van der Waals surface area (Å²) in [4.78, 5) is 20.2. The maximum Gasteiger partial charge on any atom is 0.355 e. The molecule has 0 amide bonds. The molecular formula is C15H12ClN3O3. The molecule has 2 heterocycles. The summed E-state index contributed by atoms with van der Waals surface area (Å²) < 4.78 is 6.88. The van der Waals surface area contributed by atoms with Crippen LogP contribution in [0.25, 0.3) is 16.9 Å². The summed E-state index contributed by atoms with van der Waals surface area (Å²) in [5.74, 6) is -0.779. The first-order valence-corrected chi connectivity index (χ1v) is 6.98. The smallest absolute Gasteiger partial charge is 0.355 e. The lowest BCUT2D eigenvalue weighted by atomic mass is 10.1. The molecule has 7 heteroatoms. The first-order chi connectivity index (χ1) is 10.6. The van der Waals surface area contributed by atoms with Gasteiger partial charge in [-0.3, -0.25) is 4.40 Å². The number of fused-ring (bicyclic) bond motifs is 1. The fourth-order valence-electron chi connectivity index (χ4n) is 2.21. The van der Waals surface area contributed by atoms with Crippen molar-refractivity contribution in [3.8, 4) is 17.1 Å². The lowest BCUT2D eigenvalue weighted by Gasteiger charge is -2.03. The Morgan fingerprint density at radius 2 is 2.09 bits per heavy atom. The zero-order valence-electron chi connectivity index (χ0n) is 11.7. The lowest BCUT2D eigenvalue weighted by Crippen LogP contribution is -2.04. The number of ether oxygens (including phenoxy) is 1. The van der Waals surface area contributed by atoms with E-state index in [0.717, 1.165) is 0 Å². The minimum Gasteiger partial charge on any atom is -0.476 e.